The van der Waals surface area contributed by atoms with Crippen LogP contribution in [0.1, 0.15) is 51.4 Å². The maximum Gasteiger partial charge on any atom is 0.237 e. The van der Waals surface area contributed by atoms with Gasteiger partial charge in [-0.2, -0.15) is 22.2 Å². The summed E-state index contributed by atoms with van der Waals surface area (Å²) in [6.45, 7) is 0.345. The molecule has 0 radical (unpaired) electrons. The van der Waals surface area contributed by atoms with Crippen molar-refractivity contribution in [1.82, 2.24) is 0 Å². The predicted molar refractivity (Wildman–Crippen MR) is 67.7 cm³/mol. The lowest BCUT2D eigenvalue weighted by Crippen LogP contribution is -1.91. The Hall–Kier alpha value is 0.757. The van der Waals surface area contributed by atoms with E-state index in [1.165, 1.54) is 44.9 Å². The molecule has 0 saturated heterocycles. The highest BCUT2D eigenvalue weighted by atomic mass is 35.7. The van der Waals surface area contributed by atoms with Crippen LogP contribution in [-0.2, 0) is 0 Å². The molecule has 0 aromatic carbocycles. The summed E-state index contributed by atoms with van der Waals surface area (Å²) >= 11 is 11.5. The van der Waals surface area contributed by atoms with E-state index in [4.69, 9.17) is 27.3 Å². The van der Waals surface area contributed by atoms with Gasteiger partial charge in [-0.25, -0.2) is 0 Å². The van der Waals surface area contributed by atoms with Crippen LogP contribution < -0.4 is 0 Å². The van der Waals surface area contributed by atoms with E-state index in [2.05, 4.69) is 0 Å². The first-order valence-corrected chi connectivity index (χ1v) is 9.97. The summed E-state index contributed by atoms with van der Waals surface area (Å²) in [5.74, 6) is 0. The van der Waals surface area contributed by atoms with Gasteiger partial charge in [-0.05, 0) is 12.5 Å². The van der Waals surface area contributed by atoms with Gasteiger partial charge in [0.15, 0.2) is 0 Å². The second kappa shape index (κ2) is 11.8. The van der Waals surface area contributed by atoms with E-state index < -0.39 is 7.42 Å². The number of halogens is 2. The molecule has 0 aromatic rings. The lowest BCUT2D eigenvalue weighted by Gasteiger charge is -2.01. The molecule has 0 aliphatic carbocycles. The third kappa shape index (κ3) is 12.8. The fourth-order valence-electron chi connectivity index (χ4n) is 1.47. The van der Waals surface area contributed by atoms with Crippen molar-refractivity contribution in [1.29, 1.82) is 0 Å². The van der Waals surface area contributed by atoms with Gasteiger partial charge in [0.1, 0.15) is 0 Å². The first-order chi connectivity index (χ1) is 6.77. The van der Waals surface area contributed by atoms with Crippen LogP contribution in [0.15, 0.2) is 0 Å². The van der Waals surface area contributed by atoms with E-state index in [1.54, 1.807) is 0 Å². The molecule has 1 N–H and O–H groups in total. The normalized spacial score (nSPS) is 11.1. The first kappa shape index (κ1) is 14.8. The molecule has 0 amide bonds. The summed E-state index contributed by atoms with van der Waals surface area (Å²) in [5.41, 5.74) is 0. The average molecular weight is 257 g/mol. The smallest absolute Gasteiger partial charge is 0.237 e. The van der Waals surface area contributed by atoms with E-state index in [1.807, 2.05) is 0 Å². The molecule has 0 aromatic heterocycles. The molecule has 0 aliphatic heterocycles. The Labute approximate surface area is 98.8 Å². The third-order valence-electron chi connectivity index (χ3n) is 2.33. The SMILES string of the molecule is OCCCCCCCCCC[SiH](Cl)Cl. The molecule has 0 bridgehead atoms. The molecule has 14 heavy (non-hydrogen) atoms. The second-order valence-corrected chi connectivity index (χ2v) is 8.92. The molecule has 0 fully saturated rings. The summed E-state index contributed by atoms with van der Waals surface area (Å²) in [7, 11) is -1.33. The van der Waals surface area contributed by atoms with Gasteiger partial charge in [-0.15, -0.1) is 0 Å². The summed E-state index contributed by atoms with van der Waals surface area (Å²) in [4.78, 5) is 0. The van der Waals surface area contributed by atoms with Gasteiger partial charge in [0, 0.05) is 6.61 Å². The number of aliphatic hydroxyl groups excluding tert-OH is 1. The van der Waals surface area contributed by atoms with Gasteiger partial charge in [-0.1, -0.05) is 44.9 Å². The predicted octanol–water partition coefficient (Wildman–Crippen LogP) is 3.80. The maximum atomic E-state index is 8.57. The first-order valence-electron chi connectivity index (χ1n) is 5.66. The van der Waals surface area contributed by atoms with Crippen LogP contribution in [0.3, 0.4) is 0 Å². The summed E-state index contributed by atoms with van der Waals surface area (Å²) in [6.07, 6.45) is 9.84. The molecule has 0 unspecified atom stereocenters. The van der Waals surface area contributed by atoms with Gasteiger partial charge < -0.3 is 5.11 Å². The Bertz CT molecular complexity index is 112. The van der Waals surface area contributed by atoms with Crippen molar-refractivity contribution < 1.29 is 5.11 Å². The minimum Gasteiger partial charge on any atom is -0.396 e. The highest BCUT2D eigenvalue weighted by Crippen LogP contribution is 2.13. The molecule has 0 saturated carbocycles. The van der Waals surface area contributed by atoms with Gasteiger partial charge in [0.25, 0.3) is 0 Å². The monoisotopic (exact) mass is 256 g/mol. The number of hydrogen-bond donors (Lipinski definition) is 1. The van der Waals surface area contributed by atoms with Crippen LogP contribution in [0.5, 0.6) is 0 Å². The molecular formula is C10H22Cl2OSi. The van der Waals surface area contributed by atoms with E-state index in [0.717, 1.165) is 12.5 Å². The minimum atomic E-state index is -1.33. The summed E-state index contributed by atoms with van der Waals surface area (Å²) in [5, 5.41) is 8.57. The molecule has 1 nitrogen and oxygen atoms in total. The number of rotatable bonds is 10. The Morgan fingerprint density at radius 3 is 1.57 bits per heavy atom. The van der Waals surface area contributed by atoms with E-state index >= 15 is 0 Å². The number of aliphatic hydroxyl groups is 1. The van der Waals surface area contributed by atoms with Gasteiger partial charge in [-0.3, -0.25) is 0 Å². The number of unbranched alkanes of at least 4 members (excludes halogenated alkanes) is 7. The van der Waals surface area contributed by atoms with Gasteiger partial charge >= 0.3 is 0 Å². The van der Waals surface area contributed by atoms with E-state index in [9.17, 15) is 0 Å². The zero-order chi connectivity index (χ0) is 10.6. The van der Waals surface area contributed by atoms with Crippen molar-refractivity contribution in [3.8, 4) is 0 Å². The molecular weight excluding hydrogens is 235 g/mol. The molecule has 0 atom stereocenters. The highest BCUT2D eigenvalue weighted by Gasteiger charge is 2.00. The quantitative estimate of drug-likeness (QED) is 0.358. The van der Waals surface area contributed by atoms with Crippen molar-refractivity contribution >= 4 is 29.6 Å². The molecule has 86 valence electrons. The Morgan fingerprint density at radius 1 is 0.714 bits per heavy atom. The summed E-state index contributed by atoms with van der Waals surface area (Å²) in [6, 6.07) is 1.06. The van der Waals surface area contributed by atoms with Crippen LogP contribution in [0, 0.1) is 0 Å². The molecule has 4 heteroatoms. The zero-order valence-electron chi connectivity index (χ0n) is 8.85. The minimum absolute atomic E-state index is 0.345. The molecule has 0 rings (SSSR count). The van der Waals surface area contributed by atoms with Crippen molar-refractivity contribution in [2.75, 3.05) is 6.61 Å². The molecule has 0 spiro atoms. The Kier molecular flexibility index (Phi) is 12.5. The Morgan fingerprint density at radius 2 is 1.14 bits per heavy atom. The van der Waals surface area contributed by atoms with E-state index in [-0.39, 0.29) is 0 Å². The lowest BCUT2D eigenvalue weighted by molar-refractivity contribution is 0.282. The highest BCUT2D eigenvalue weighted by molar-refractivity contribution is 7.33. The topological polar surface area (TPSA) is 20.2 Å². The maximum absolute atomic E-state index is 8.57. The van der Waals surface area contributed by atoms with Crippen molar-refractivity contribution in [2.45, 2.75) is 57.4 Å². The van der Waals surface area contributed by atoms with Crippen LogP contribution in [0.4, 0.5) is 0 Å². The van der Waals surface area contributed by atoms with Gasteiger partial charge in [0.05, 0.1) is 0 Å². The van der Waals surface area contributed by atoms with Crippen molar-refractivity contribution in [3.63, 3.8) is 0 Å². The van der Waals surface area contributed by atoms with Crippen LogP contribution in [0.2, 0.25) is 6.04 Å². The van der Waals surface area contributed by atoms with Crippen molar-refractivity contribution in [2.24, 2.45) is 0 Å². The largest absolute Gasteiger partial charge is 0.396 e. The van der Waals surface area contributed by atoms with Crippen LogP contribution in [-0.4, -0.2) is 19.1 Å². The summed E-state index contributed by atoms with van der Waals surface area (Å²) < 4.78 is 0. The van der Waals surface area contributed by atoms with Crippen LogP contribution >= 0.6 is 22.2 Å². The second-order valence-electron chi connectivity index (χ2n) is 3.73. The Balaban J connectivity index is 2.85. The van der Waals surface area contributed by atoms with Crippen LogP contribution in [0.25, 0.3) is 0 Å². The van der Waals surface area contributed by atoms with E-state index in [0.29, 0.717) is 6.61 Å². The fraction of sp³-hybridized carbons (Fsp3) is 1.00. The average Bonchev–Trinajstić information content (AvgIpc) is 2.15. The standard InChI is InChI=1S/C10H22Cl2OSi/c11-14(12)10-8-6-4-2-1-3-5-7-9-13/h13-14H,1-10H2. The fourth-order valence-corrected chi connectivity index (χ4v) is 2.99. The third-order valence-corrected chi connectivity index (χ3v) is 4.48. The van der Waals surface area contributed by atoms with Crippen molar-refractivity contribution in [3.05, 3.63) is 0 Å². The molecule has 0 aliphatic rings. The number of hydrogen-bond acceptors (Lipinski definition) is 1. The lowest BCUT2D eigenvalue weighted by atomic mass is 10.1. The zero-order valence-corrected chi connectivity index (χ0v) is 11.5. The van der Waals surface area contributed by atoms with Gasteiger partial charge in [0.2, 0.25) is 7.42 Å². The molecule has 0 heterocycles.